The highest BCUT2D eigenvalue weighted by Gasteiger charge is 2.04. The molecule has 0 bridgehead atoms. The van der Waals surface area contributed by atoms with Crippen LogP contribution in [0, 0.1) is 0 Å². The van der Waals surface area contributed by atoms with Crippen molar-refractivity contribution >= 4 is 11.3 Å². The molecule has 0 saturated heterocycles. The maximum Gasteiger partial charge on any atom is 0.251 e. The van der Waals surface area contributed by atoms with E-state index >= 15 is 0 Å². The average Bonchev–Trinajstić information content (AvgIpc) is 2.79. The SMILES string of the molecule is NCCCc1cc(=O)[nH]c(-c2cccs2)n1. The molecule has 0 spiro atoms. The topological polar surface area (TPSA) is 71.8 Å². The lowest BCUT2D eigenvalue weighted by Crippen LogP contribution is -2.11. The van der Waals surface area contributed by atoms with Gasteiger partial charge in [-0.2, -0.15) is 0 Å². The van der Waals surface area contributed by atoms with Crippen molar-refractivity contribution in [3.63, 3.8) is 0 Å². The first-order valence-electron chi connectivity index (χ1n) is 5.14. The summed E-state index contributed by atoms with van der Waals surface area (Å²) in [5, 5.41) is 1.96. The zero-order valence-corrected chi connectivity index (χ0v) is 9.59. The summed E-state index contributed by atoms with van der Waals surface area (Å²) in [4.78, 5) is 19.6. The molecule has 0 aliphatic carbocycles. The Kier molecular flexibility index (Phi) is 3.48. The molecule has 2 aromatic heterocycles. The van der Waals surface area contributed by atoms with Gasteiger partial charge in [0.2, 0.25) is 0 Å². The van der Waals surface area contributed by atoms with Crippen LogP contribution in [0.15, 0.2) is 28.4 Å². The third kappa shape index (κ3) is 2.56. The van der Waals surface area contributed by atoms with Gasteiger partial charge in [-0.1, -0.05) is 6.07 Å². The first-order valence-corrected chi connectivity index (χ1v) is 6.02. The Morgan fingerprint density at radius 3 is 3.06 bits per heavy atom. The summed E-state index contributed by atoms with van der Waals surface area (Å²) < 4.78 is 0. The van der Waals surface area contributed by atoms with E-state index in [0.717, 1.165) is 23.4 Å². The third-order valence-electron chi connectivity index (χ3n) is 2.19. The fourth-order valence-electron chi connectivity index (χ4n) is 1.45. The Bertz CT molecular complexity index is 504. The smallest absolute Gasteiger partial charge is 0.251 e. The van der Waals surface area contributed by atoms with E-state index in [2.05, 4.69) is 9.97 Å². The lowest BCUT2D eigenvalue weighted by atomic mass is 10.2. The van der Waals surface area contributed by atoms with Gasteiger partial charge in [0.15, 0.2) is 0 Å². The average molecular weight is 235 g/mol. The van der Waals surface area contributed by atoms with Gasteiger partial charge in [0.25, 0.3) is 5.56 Å². The number of aryl methyl sites for hydroxylation is 1. The number of nitrogens with zero attached hydrogens (tertiary/aromatic N) is 1. The zero-order valence-electron chi connectivity index (χ0n) is 8.77. The lowest BCUT2D eigenvalue weighted by molar-refractivity contribution is 0.805. The molecule has 2 heterocycles. The number of thiophene rings is 1. The summed E-state index contributed by atoms with van der Waals surface area (Å²) in [6.45, 7) is 0.614. The Balaban J connectivity index is 2.33. The molecule has 0 saturated carbocycles. The predicted molar refractivity (Wildman–Crippen MR) is 65.5 cm³/mol. The summed E-state index contributed by atoms with van der Waals surface area (Å²) in [6.07, 6.45) is 1.60. The molecule has 0 unspecified atom stereocenters. The standard InChI is InChI=1S/C11H13N3OS/c12-5-1-3-8-7-10(15)14-11(13-8)9-4-2-6-16-9/h2,4,6-7H,1,3,5,12H2,(H,13,14,15). The van der Waals surface area contributed by atoms with Crippen molar-refractivity contribution in [1.29, 1.82) is 0 Å². The highest BCUT2D eigenvalue weighted by Crippen LogP contribution is 2.19. The minimum absolute atomic E-state index is 0.106. The molecule has 84 valence electrons. The molecule has 0 fully saturated rings. The summed E-state index contributed by atoms with van der Waals surface area (Å²) in [6, 6.07) is 5.41. The van der Waals surface area contributed by atoms with E-state index in [0.29, 0.717) is 12.4 Å². The van der Waals surface area contributed by atoms with E-state index in [-0.39, 0.29) is 5.56 Å². The minimum atomic E-state index is -0.106. The summed E-state index contributed by atoms with van der Waals surface area (Å²) >= 11 is 1.56. The largest absolute Gasteiger partial charge is 0.330 e. The second kappa shape index (κ2) is 5.05. The van der Waals surface area contributed by atoms with Crippen LogP contribution in [0.25, 0.3) is 10.7 Å². The zero-order chi connectivity index (χ0) is 11.4. The molecular weight excluding hydrogens is 222 g/mol. The number of aromatic nitrogens is 2. The van der Waals surface area contributed by atoms with E-state index < -0.39 is 0 Å². The van der Waals surface area contributed by atoms with E-state index in [4.69, 9.17) is 5.73 Å². The molecule has 3 N–H and O–H groups in total. The molecule has 2 aromatic rings. The molecule has 0 radical (unpaired) electrons. The van der Waals surface area contributed by atoms with Crippen LogP contribution in [0.5, 0.6) is 0 Å². The quantitative estimate of drug-likeness (QED) is 0.841. The van der Waals surface area contributed by atoms with Crippen molar-refractivity contribution in [1.82, 2.24) is 9.97 Å². The number of nitrogens with one attached hydrogen (secondary N) is 1. The summed E-state index contributed by atoms with van der Waals surface area (Å²) in [5.41, 5.74) is 6.13. The van der Waals surface area contributed by atoms with Crippen molar-refractivity contribution in [3.8, 4) is 10.7 Å². The van der Waals surface area contributed by atoms with Crippen molar-refractivity contribution in [2.75, 3.05) is 6.54 Å². The molecule has 16 heavy (non-hydrogen) atoms. The second-order valence-electron chi connectivity index (χ2n) is 3.45. The number of hydrogen-bond acceptors (Lipinski definition) is 4. The van der Waals surface area contributed by atoms with Crippen LogP contribution in [0.1, 0.15) is 12.1 Å². The molecule has 0 aromatic carbocycles. The van der Waals surface area contributed by atoms with Crippen LogP contribution in [0.4, 0.5) is 0 Å². The van der Waals surface area contributed by atoms with Crippen LogP contribution < -0.4 is 11.3 Å². The molecule has 2 rings (SSSR count). The first kappa shape index (κ1) is 11.0. The van der Waals surface area contributed by atoms with Crippen molar-refractivity contribution < 1.29 is 0 Å². The number of nitrogens with two attached hydrogens (primary N) is 1. The van der Waals surface area contributed by atoms with Gasteiger partial charge in [-0.15, -0.1) is 11.3 Å². The van der Waals surface area contributed by atoms with Crippen molar-refractivity contribution in [2.24, 2.45) is 5.73 Å². The molecule has 0 aliphatic heterocycles. The highest BCUT2D eigenvalue weighted by molar-refractivity contribution is 7.13. The van der Waals surface area contributed by atoms with E-state index in [1.54, 1.807) is 11.3 Å². The fourth-order valence-corrected chi connectivity index (χ4v) is 2.12. The first-order chi connectivity index (χ1) is 7.79. The summed E-state index contributed by atoms with van der Waals surface area (Å²) in [7, 11) is 0. The van der Waals surface area contributed by atoms with Crippen LogP contribution >= 0.6 is 11.3 Å². The van der Waals surface area contributed by atoms with Gasteiger partial charge < -0.3 is 10.7 Å². The third-order valence-corrected chi connectivity index (χ3v) is 3.06. The minimum Gasteiger partial charge on any atom is -0.330 e. The highest BCUT2D eigenvalue weighted by atomic mass is 32.1. The van der Waals surface area contributed by atoms with Crippen LogP contribution in [0.3, 0.4) is 0 Å². The molecule has 5 heteroatoms. The Hall–Kier alpha value is -1.46. The van der Waals surface area contributed by atoms with Gasteiger partial charge in [0.1, 0.15) is 5.82 Å². The van der Waals surface area contributed by atoms with E-state index in [1.807, 2.05) is 17.5 Å². The Labute approximate surface area is 97.2 Å². The number of hydrogen-bond donors (Lipinski definition) is 2. The van der Waals surface area contributed by atoms with Crippen molar-refractivity contribution in [2.45, 2.75) is 12.8 Å². The second-order valence-corrected chi connectivity index (χ2v) is 4.40. The van der Waals surface area contributed by atoms with Gasteiger partial charge in [0, 0.05) is 11.8 Å². The normalized spacial score (nSPS) is 10.6. The van der Waals surface area contributed by atoms with Crippen LogP contribution in [0.2, 0.25) is 0 Å². The van der Waals surface area contributed by atoms with Gasteiger partial charge in [0.05, 0.1) is 4.88 Å². The van der Waals surface area contributed by atoms with Crippen LogP contribution in [-0.4, -0.2) is 16.5 Å². The van der Waals surface area contributed by atoms with Gasteiger partial charge in [-0.25, -0.2) is 4.98 Å². The van der Waals surface area contributed by atoms with E-state index in [1.165, 1.54) is 6.07 Å². The maximum absolute atomic E-state index is 11.4. The maximum atomic E-state index is 11.4. The monoisotopic (exact) mass is 235 g/mol. The molecule has 0 amide bonds. The Morgan fingerprint density at radius 2 is 2.38 bits per heavy atom. The fraction of sp³-hybridized carbons (Fsp3) is 0.273. The van der Waals surface area contributed by atoms with Gasteiger partial charge in [-0.3, -0.25) is 4.79 Å². The molecule has 4 nitrogen and oxygen atoms in total. The number of aromatic amines is 1. The molecule has 0 aliphatic rings. The molecule has 0 atom stereocenters. The Morgan fingerprint density at radius 1 is 1.50 bits per heavy atom. The van der Waals surface area contributed by atoms with Crippen molar-refractivity contribution in [3.05, 3.63) is 39.6 Å². The number of H-pyrrole nitrogens is 1. The summed E-state index contributed by atoms with van der Waals surface area (Å²) in [5.74, 6) is 0.648. The van der Waals surface area contributed by atoms with Gasteiger partial charge >= 0.3 is 0 Å². The predicted octanol–water partition coefficient (Wildman–Crippen LogP) is 1.39. The molecular formula is C11H13N3OS. The number of rotatable bonds is 4. The van der Waals surface area contributed by atoms with Crippen LogP contribution in [-0.2, 0) is 6.42 Å². The van der Waals surface area contributed by atoms with Gasteiger partial charge in [-0.05, 0) is 30.8 Å². The lowest BCUT2D eigenvalue weighted by Gasteiger charge is -2.01. The van der Waals surface area contributed by atoms with E-state index in [9.17, 15) is 4.79 Å².